The van der Waals surface area contributed by atoms with Gasteiger partial charge < -0.3 is 10.2 Å². The molecule has 0 bridgehead atoms. The zero-order valence-electron chi connectivity index (χ0n) is 15.5. The summed E-state index contributed by atoms with van der Waals surface area (Å²) >= 11 is 0. The number of nitrogens with one attached hydrogen (secondary N) is 1. The molecule has 0 aliphatic carbocycles. The molecule has 27 heavy (non-hydrogen) atoms. The fraction of sp³-hybridized carbons (Fsp3) is 0.227. The van der Waals surface area contributed by atoms with Crippen LogP contribution in [0.1, 0.15) is 11.1 Å². The molecule has 0 radical (unpaired) electrons. The van der Waals surface area contributed by atoms with Crippen LogP contribution in [0.15, 0.2) is 60.9 Å². The van der Waals surface area contributed by atoms with Crippen LogP contribution in [0.4, 0.5) is 11.5 Å². The number of rotatable bonds is 4. The van der Waals surface area contributed by atoms with Crippen LogP contribution in [-0.4, -0.2) is 29.0 Å². The Labute approximate surface area is 159 Å². The lowest BCUT2D eigenvalue weighted by Gasteiger charge is -2.39. The third-order valence-corrected chi connectivity index (χ3v) is 4.94. The smallest absolute Gasteiger partial charge is 0.231 e. The first-order valence-corrected chi connectivity index (χ1v) is 9.11. The van der Waals surface area contributed by atoms with Crippen molar-refractivity contribution in [1.29, 1.82) is 0 Å². The molecule has 0 saturated carbocycles. The van der Waals surface area contributed by atoms with E-state index in [-0.39, 0.29) is 11.8 Å². The van der Waals surface area contributed by atoms with E-state index in [1.54, 1.807) is 6.33 Å². The number of amides is 1. The number of nitrogens with zero attached hydrogens (tertiary/aromatic N) is 3. The molecule has 2 heterocycles. The van der Waals surface area contributed by atoms with E-state index in [1.807, 2.05) is 62.4 Å². The first-order chi connectivity index (χ1) is 13.1. The maximum atomic E-state index is 12.5. The number of aryl methyl sites for hydroxylation is 2. The Bertz CT molecular complexity index is 965. The number of benzene rings is 2. The lowest BCUT2D eigenvalue weighted by Crippen LogP contribution is -2.52. The number of aromatic nitrogens is 2. The monoisotopic (exact) mass is 358 g/mol. The van der Waals surface area contributed by atoms with Gasteiger partial charge in [-0.3, -0.25) is 4.79 Å². The minimum Gasteiger partial charge on any atom is -0.355 e. The molecule has 2 aromatic carbocycles. The molecule has 0 atom stereocenters. The van der Waals surface area contributed by atoms with E-state index in [0.29, 0.717) is 13.1 Å². The second-order valence-electron chi connectivity index (χ2n) is 7.04. The van der Waals surface area contributed by atoms with Gasteiger partial charge in [0.25, 0.3) is 0 Å². The highest BCUT2D eigenvalue weighted by molar-refractivity contribution is 5.95. The van der Waals surface area contributed by atoms with Gasteiger partial charge in [0.2, 0.25) is 5.91 Å². The van der Waals surface area contributed by atoms with E-state index in [1.165, 1.54) is 5.56 Å². The maximum Gasteiger partial charge on any atom is 0.231 e. The average Bonchev–Trinajstić information content (AvgIpc) is 2.64. The molecule has 0 unspecified atom stereocenters. The van der Waals surface area contributed by atoms with Crippen LogP contribution in [0.5, 0.6) is 0 Å². The Hall–Kier alpha value is -3.21. The summed E-state index contributed by atoms with van der Waals surface area (Å²) in [6.45, 7) is 5.40. The van der Waals surface area contributed by atoms with E-state index >= 15 is 0 Å². The van der Waals surface area contributed by atoms with Crippen LogP contribution in [0, 0.1) is 19.8 Å². The molecule has 0 spiro atoms. The minimum atomic E-state index is -0.0270. The van der Waals surface area contributed by atoms with Crippen LogP contribution in [0.3, 0.4) is 0 Å². The number of anilines is 2. The van der Waals surface area contributed by atoms with E-state index in [2.05, 4.69) is 26.3 Å². The molecular weight excluding hydrogens is 336 g/mol. The summed E-state index contributed by atoms with van der Waals surface area (Å²) in [5.74, 6) is 0.899. The molecule has 1 fully saturated rings. The molecular formula is C22H22N4O. The number of hydrogen-bond acceptors (Lipinski definition) is 4. The Morgan fingerprint density at radius 2 is 1.81 bits per heavy atom. The molecule has 3 aromatic rings. The van der Waals surface area contributed by atoms with Gasteiger partial charge in [-0.05, 0) is 25.5 Å². The highest BCUT2D eigenvalue weighted by Gasteiger charge is 2.33. The quantitative estimate of drug-likeness (QED) is 0.770. The summed E-state index contributed by atoms with van der Waals surface area (Å²) in [7, 11) is 0. The predicted octanol–water partition coefficient (Wildman–Crippen LogP) is 3.84. The van der Waals surface area contributed by atoms with Gasteiger partial charge in [-0.2, -0.15) is 0 Å². The van der Waals surface area contributed by atoms with Crippen LogP contribution in [0.25, 0.3) is 11.3 Å². The second kappa shape index (κ2) is 7.19. The number of hydrogen-bond donors (Lipinski definition) is 1. The SMILES string of the molecule is Cc1ccc(NC(=O)C2CN(c3cc(-c4ccccc4)ncn3)C2)c(C)c1. The normalized spacial score (nSPS) is 13.9. The van der Waals surface area contributed by atoms with Gasteiger partial charge in [0.15, 0.2) is 0 Å². The number of carbonyl (C=O) groups is 1. The van der Waals surface area contributed by atoms with Crippen molar-refractivity contribution < 1.29 is 4.79 Å². The molecule has 136 valence electrons. The van der Waals surface area contributed by atoms with E-state index in [4.69, 9.17) is 0 Å². The van der Waals surface area contributed by atoms with Crippen LogP contribution < -0.4 is 10.2 Å². The van der Waals surface area contributed by atoms with Gasteiger partial charge in [0, 0.05) is 30.4 Å². The van der Waals surface area contributed by atoms with E-state index in [9.17, 15) is 4.79 Å². The number of carbonyl (C=O) groups excluding carboxylic acids is 1. The Morgan fingerprint density at radius 3 is 2.56 bits per heavy atom. The van der Waals surface area contributed by atoms with Crippen molar-refractivity contribution in [3.05, 3.63) is 72.1 Å². The highest BCUT2D eigenvalue weighted by Crippen LogP contribution is 2.27. The summed E-state index contributed by atoms with van der Waals surface area (Å²) in [6, 6.07) is 18.1. The Kier molecular flexibility index (Phi) is 4.59. The molecule has 5 heteroatoms. The molecule has 1 aromatic heterocycles. The highest BCUT2D eigenvalue weighted by atomic mass is 16.2. The first-order valence-electron chi connectivity index (χ1n) is 9.11. The lowest BCUT2D eigenvalue weighted by atomic mass is 9.98. The van der Waals surface area contributed by atoms with Crippen molar-refractivity contribution in [2.45, 2.75) is 13.8 Å². The summed E-state index contributed by atoms with van der Waals surface area (Å²) in [6.07, 6.45) is 1.58. The average molecular weight is 358 g/mol. The third-order valence-electron chi connectivity index (χ3n) is 4.94. The van der Waals surface area contributed by atoms with Crippen molar-refractivity contribution in [2.24, 2.45) is 5.92 Å². The minimum absolute atomic E-state index is 0.0270. The van der Waals surface area contributed by atoms with Gasteiger partial charge in [0.1, 0.15) is 12.1 Å². The molecule has 5 nitrogen and oxygen atoms in total. The third kappa shape index (κ3) is 3.67. The molecule has 1 aliphatic rings. The van der Waals surface area contributed by atoms with Gasteiger partial charge in [-0.1, -0.05) is 48.0 Å². The Balaban J connectivity index is 1.40. The van der Waals surface area contributed by atoms with Crippen LogP contribution >= 0.6 is 0 Å². The lowest BCUT2D eigenvalue weighted by molar-refractivity contribution is -0.120. The van der Waals surface area contributed by atoms with Gasteiger partial charge in [-0.25, -0.2) is 9.97 Å². The van der Waals surface area contributed by atoms with Gasteiger partial charge in [0.05, 0.1) is 11.6 Å². The second-order valence-corrected chi connectivity index (χ2v) is 7.04. The maximum absolute atomic E-state index is 12.5. The van der Waals surface area contributed by atoms with Crippen molar-refractivity contribution in [1.82, 2.24) is 9.97 Å². The summed E-state index contributed by atoms with van der Waals surface area (Å²) in [5, 5.41) is 3.05. The summed E-state index contributed by atoms with van der Waals surface area (Å²) in [5.41, 5.74) is 5.12. The topological polar surface area (TPSA) is 58.1 Å². The van der Waals surface area contributed by atoms with Crippen molar-refractivity contribution in [2.75, 3.05) is 23.3 Å². The Morgan fingerprint density at radius 1 is 1.04 bits per heavy atom. The fourth-order valence-electron chi connectivity index (χ4n) is 3.31. The standard InChI is InChI=1S/C22H22N4O/c1-15-8-9-19(16(2)10-15)25-22(27)18-12-26(13-18)21-11-20(23-14-24-21)17-6-4-3-5-7-17/h3-11,14,18H,12-13H2,1-2H3,(H,25,27). The summed E-state index contributed by atoms with van der Waals surface area (Å²) < 4.78 is 0. The van der Waals surface area contributed by atoms with Crippen molar-refractivity contribution >= 4 is 17.4 Å². The van der Waals surface area contributed by atoms with E-state index < -0.39 is 0 Å². The predicted molar refractivity (Wildman–Crippen MR) is 108 cm³/mol. The largest absolute Gasteiger partial charge is 0.355 e. The van der Waals surface area contributed by atoms with Crippen molar-refractivity contribution in [3.8, 4) is 11.3 Å². The zero-order chi connectivity index (χ0) is 18.8. The fourth-order valence-corrected chi connectivity index (χ4v) is 3.31. The molecule has 1 N–H and O–H groups in total. The zero-order valence-corrected chi connectivity index (χ0v) is 15.5. The molecule has 1 amide bonds. The molecule has 1 aliphatic heterocycles. The van der Waals surface area contributed by atoms with Gasteiger partial charge in [-0.15, -0.1) is 0 Å². The van der Waals surface area contributed by atoms with Gasteiger partial charge >= 0.3 is 0 Å². The first kappa shape index (κ1) is 17.2. The summed E-state index contributed by atoms with van der Waals surface area (Å²) in [4.78, 5) is 23.4. The van der Waals surface area contributed by atoms with Crippen molar-refractivity contribution in [3.63, 3.8) is 0 Å². The van der Waals surface area contributed by atoms with E-state index in [0.717, 1.165) is 28.3 Å². The molecule has 4 rings (SSSR count). The van der Waals surface area contributed by atoms with Crippen LogP contribution in [-0.2, 0) is 4.79 Å². The molecule has 1 saturated heterocycles. The van der Waals surface area contributed by atoms with Crippen LogP contribution in [0.2, 0.25) is 0 Å².